The van der Waals surface area contributed by atoms with Crippen LogP contribution in [0.1, 0.15) is 16.8 Å². The van der Waals surface area contributed by atoms with Crippen LogP contribution in [0, 0.1) is 18.3 Å². The second-order valence-corrected chi connectivity index (χ2v) is 4.42. The van der Waals surface area contributed by atoms with Gasteiger partial charge in [-0.05, 0) is 6.07 Å². The van der Waals surface area contributed by atoms with E-state index in [1.54, 1.807) is 0 Å². The van der Waals surface area contributed by atoms with Gasteiger partial charge in [0, 0.05) is 25.1 Å². The molecular formula is C13H11ClN2O3. The van der Waals surface area contributed by atoms with Gasteiger partial charge in [0.25, 0.3) is 0 Å². The van der Waals surface area contributed by atoms with Crippen molar-refractivity contribution in [1.29, 1.82) is 0 Å². The summed E-state index contributed by atoms with van der Waals surface area (Å²) in [6, 6.07) is 1.46. The Morgan fingerprint density at radius 1 is 1.68 bits per heavy atom. The number of hydrogen-bond donors (Lipinski definition) is 0. The Bertz CT molecular complexity index is 580. The zero-order valence-corrected chi connectivity index (χ0v) is 11.0. The number of ether oxygens (including phenoxy) is 1. The van der Waals surface area contributed by atoms with E-state index in [0.717, 1.165) is 0 Å². The first-order valence-electron chi connectivity index (χ1n) is 5.57. The molecule has 0 aliphatic carbocycles. The highest BCUT2D eigenvalue weighted by Crippen LogP contribution is 2.33. The molecule has 1 aromatic rings. The zero-order valence-electron chi connectivity index (χ0n) is 10.2. The van der Waals surface area contributed by atoms with E-state index in [9.17, 15) is 9.59 Å². The van der Waals surface area contributed by atoms with Gasteiger partial charge in [-0.15, -0.1) is 12.3 Å². The lowest BCUT2D eigenvalue weighted by Crippen LogP contribution is -2.27. The lowest BCUT2D eigenvalue weighted by molar-refractivity contribution is -0.117. The number of nitrogens with zero attached hydrogens (tertiary/aromatic N) is 2. The molecule has 1 aliphatic heterocycles. The summed E-state index contributed by atoms with van der Waals surface area (Å²) in [4.78, 5) is 29.0. The van der Waals surface area contributed by atoms with Crippen molar-refractivity contribution in [1.82, 2.24) is 4.98 Å². The number of carbonyl (C=O) groups is 2. The average molecular weight is 279 g/mol. The summed E-state index contributed by atoms with van der Waals surface area (Å²) in [5.41, 5.74) is 0.465. The zero-order chi connectivity index (χ0) is 14.0. The van der Waals surface area contributed by atoms with Crippen molar-refractivity contribution in [3.8, 4) is 12.3 Å². The summed E-state index contributed by atoms with van der Waals surface area (Å²) in [5, 5.41) is 0.0777. The van der Waals surface area contributed by atoms with Crippen LogP contribution < -0.4 is 4.90 Å². The van der Waals surface area contributed by atoms with Crippen molar-refractivity contribution in [2.24, 2.45) is 5.92 Å². The number of aromatic nitrogens is 1. The monoisotopic (exact) mass is 278 g/mol. The number of terminal acetylenes is 1. The first-order chi connectivity index (χ1) is 9.08. The molecule has 1 fully saturated rings. The molecule has 98 valence electrons. The molecule has 1 saturated heterocycles. The maximum absolute atomic E-state index is 12.0. The summed E-state index contributed by atoms with van der Waals surface area (Å²) in [6.07, 6.45) is 6.95. The Kier molecular flexibility index (Phi) is 3.72. The van der Waals surface area contributed by atoms with E-state index in [-0.39, 0.29) is 34.6 Å². The molecule has 0 bridgehead atoms. The van der Waals surface area contributed by atoms with Crippen molar-refractivity contribution in [3.05, 3.63) is 23.0 Å². The third-order valence-corrected chi connectivity index (χ3v) is 3.19. The van der Waals surface area contributed by atoms with Crippen LogP contribution in [-0.2, 0) is 9.53 Å². The van der Waals surface area contributed by atoms with Gasteiger partial charge in [0.2, 0.25) is 5.91 Å². The van der Waals surface area contributed by atoms with Crippen LogP contribution >= 0.6 is 11.6 Å². The molecular weight excluding hydrogens is 268 g/mol. The molecule has 1 aromatic heterocycles. The van der Waals surface area contributed by atoms with Crippen molar-refractivity contribution in [2.75, 3.05) is 18.6 Å². The van der Waals surface area contributed by atoms with E-state index in [1.807, 2.05) is 0 Å². The minimum atomic E-state index is -0.573. The van der Waals surface area contributed by atoms with E-state index < -0.39 is 5.97 Å². The predicted octanol–water partition coefficient (Wildman–Crippen LogP) is 1.51. The number of anilines is 1. The third kappa shape index (κ3) is 2.40. The fourth-order valence-electron chi connectivity index (χ4n) is 2.00. The maximum atomic E-state index is 12.0. The van der Waals surface area contributed by atoms with Crippen LogP contribution in [0.15, 0.2) is 12.3 Å². The van der Waals surface area contributed by atoms with Gasteiger partial charge in [0.15, 0.2) is 5.15 Å². The van der Waals surface area contributed by atoms with Crippen molar-refractivity contribution in [3.63, 3.8) is 0 Å². The van der Waals surface area contributed by atoms with E-state index >= 15 is 0 Å². The number of methoxy groups -OCH3 is 1. The third-order valence-electron chi connectivity index (χ3n) is 2.92. The quantitative estimate of drug-likeness (QED) is 0.467. The van der Waals surface area contributed by atoms with Crippen molar-refractivity contribution < 1.29 is 14.3 Å². The Labute approximate surface area is 115 Å². The lowest BCUT2D eigenvalue weighted by atomic mass is 10.1. The summed E-state index contributed by atoms with van der Waals surface area (Å²) in [7, 11) is 1.26. The predicted molar refractivity (Wildman–Crippen MR) is 69.9 cm³/mol. The number of carbonyl (C=O) groups excluding carboxylic acids is 2. The molecule has 1 aliphatic rings. The first-order valence-corrected chi connectivity index (χ1v) is 5.95. The molecule has 0 N–H and O–H groups in total. The SMILES string of the molecule is C#CC1CC(=O)N(c2c(C(=O)OC)ccnc2Cl)C1. The number of hydrogen-bond acceptors (Lipinski definition) is 4. The minimum absolute atomic E-state index is 0.0777. The smallest absolute Gasteiger partial charge is 0.340 e. The lowest BCUT2D eigenvalue weighted by Gasteiger charge is -2.19. The van der Waals surface area contributed by atoms with Gasteiger partial charge < -0.3 is 9.64 Å². The molecule has 19 heavy (non-hydrogen) atoms. The summed E-state index contributed by atoms with van der Waals surface area (Å²) in [6.45, 7) is 0.324. The van der Waals surface area contributed by atoms with Gasteiger partial charge >= 0.3 is 5.97 Å². The number of amides is 1. The van der Waals surface area contributed by atoms with Crippen molar-refractivity contribution in [2.45, 2.75) is 6.42 Å². The van der Waals surface area contributed by atoms with E-state index in [4.69, 9.17) is 18.0 Å². The van der Waals surface area contributed by atoms with Gasteiger partial charge in [0.1, 0.15) is 0 Å². The van der Waals surface area contributed by atoms with E-state index in [2.05, 4.69) is 15.6 Å². The molecule has 0 aromatic carbocycles. The topological polar surface area (TPSA) is 59.5 Å². The Balaban J connectivity index is 2.48. The molecule has 1 atom stereocenters. The molecule has 2 rings (SSSR count). The molecule has 1 unspecified atom stereocenters. The molecule has 2 heterocycles. The highest BCUT2D eigenvalue weighted by Gasteiger charge is 2.33. The van der Waals surface area contributed by atoms with Gasteiger partial charge in [-0.3, -0.25) is 4.79 Å². The summed E-state index contributed by atoms with van der Waals surface area (Å²) in [5.74, 6) is 1.60. The fraction of sp³-hybridized carbons (Fsp3) is 0.308. The summed E-state index contributed by atoms with van der Waals surface area (Å²) < 4.78 is 4.68. The molecule has 1 amide bonds. The van der Waals surface area contributed by atoms with Crippen LogP contribution in [0.2, 0.25) is 5.15 Å². The second kappa shape index (κ2) is 5.29. The second-order valence-electron chi connectivity index (χ2n) is 4.06. The van der Waals surface area contributed by atoms with E-state index in [1.165, 1.54) is 24.3 Å². The number of rotatable bonds is 2. The average Bonchev–Trinajstić information content (AvgIpc) is 2.78. The Hall–Kier alpha value is -2.06. The molecule has 5 nitrogen and oxygen atoms in total. The van der Waals surface area contributed by atoms with Gasteiger partial charge in [-0.1, -0.05) is 11.6 Å². The van der Waals surface area contributed by atoms with Gasteiger partial charge in [-0.25, -0.2) is 9.78 Å². The summed E-state index contributed by atoms with van der Waals surface area (Å²) >= 11 is 6.00. The van der Waals surface area contributed by atoms with Gasteiger partial charge in [-0.2, -0.15) is 0 Å². The number of pyridine rings is 1. The van der Waals surface area contributed by atoms with Crippen LogP contribution in [0.25, 0.3) is 0 Å². The largest absolute Gasteiger partial charge is 0.465 e. The molecule has 0 spiro atoms. The Morgan fingerprint density at radius 3 is 3.00 bits per heavy atom. The normalized spacial score (nSPS) is 18.3. The highest BCUT2D eigenvalue weighted by molar-refractivity contribution is 6.33. The van der Waals surface area contributed by atoms with Crippen LogP contribution in [0.4, 0.5) is 5.69 Å². The minimum Gasteiger partial charge on any atom is -0.465 e. The van der Waals surface area contributed by atoms with Crippen LogP contribution in [0.5, 0.6) is 0 Å². The molecule has 0 radical (unpaired) electrons. The van der Waals surface area contributed by atoms with Gasteiger partial charge in [0.05, 0.1) is 18.4 Å². The van der Waals surface area contributed by atoms with Crippen LogP contribution in [-0.4, -0.2) is 30.5 Å². The highest BCUT2D eigenvalue weighted by atomic mass is 35.5. The molecule has 6 heteroatoms. The fourth-order valence-corrected chi connectivity index (χ4v) is 2.26. The number of esters is 1. The Morgan fingerprint density at radius 2 is 2.42 bits per heavy atom. The maximum Gasteiger partial charge on any atom is 0.340 e. The molecule has 0 saturated carbocycles. The standard InChI is InChI=1S/C13H11ClN2O3/c1-3-8-6-10(17)16(7-8)11-9(13(18)19-2)4-5-15-12(11)14/h1,4-5,8H,6-7H2,2H3. The number of halogens is 1. The van der Waals surface area contributed by atoms with Crippen molar-refractivity contribution >= 4 is 29.2 Å². The van der Waals surface area contributed by atoms with Crippen LogP contribution in [0.3, 0.4) is 0 Å². The first kappa shape index (κ1) is 13.4. The van der Waals surface area contributed by atoms with E-state index in [0.29, 0.717) is 6.54 Å².